The van der Waals surface area contributed by atoms with E-state index >= 15 is 0 Å². The van der Waals surface area contributed by atoms with Gasteiger partial charge in [0.05, 0.1) is 0 Å². The van der Waals surface area contributed by atoms with E-state index in [1.807, 2.05) is 0 Å². The third-order valence-electron chi connectivity index (χ3n) is 4.80. The molecule has 1 aromatic heterocycles. The molecule has 2 fully saturated rings. The minimum Gasteiger partial charge on any atom is -0.351 e. The molecule has 1 aliphatic heterocycles. The summed E-state index contributed by atoms with van der Waals surface area (Å²) in [7, 11) is 0. The minimum absolute atomic E-state index is 0.281. The fraction of sp³-hybridized carbons (Fsp3) is 0.800. The monoisotopic (exact) mass is 309 g/mol. The number of halogens is 1. The zero-order valence-electron chi connectivity index (χ0n) is 12.9. The summed E-state index contributed by atoms with van der Waals surface area (Å²) < 4.78 is 0. The molecule has 0 spiro atoms. The fourth-order valence-electron chi connectivity index (χ4n) is 3.39. The maximum absolute atomic E-state index is 6.10. The minimum atomic E-state index is 0.281. The van der Waals surface area contributed by atoms with Gasteiger partial charge in [0, 0.05) is 19.1 Å². The Hall–Kier alpha value is -1.10. The maximum atomic E-state index is 6.10. The molecule has 1 aliphatic carbocycles. The molecular weight excluding hydrogens is 286 g/mol. The summed E-state index contributed by atoms with van der Waals surface area (Å²) >= 11 is 6.10. The van der Waals surface area contributed by atoms with Gasteiger partial charge in [0.2, 0.25) is 17.2 Å². The largest absolute Gasteiger partial charge is 0.351 e. The SMILES string of the molecule is CC1(C)CCCC1Nc1nc(Cl)nc(N2CCCCC2)n1. The molecule has 0 bridgehead atoms. The van der Waals surface area contributed by atoms with Crippen molar-refractivity contribution in [1.29, 1.82) is 0 Å². The average Bonchev–Trinajstić information content (AvgIpc) is 2.78. The molecule has 5 nitrogen and oxygen atoms in total. The summed E-state index contributed by atoms with van der Waals surface area (Å²) in [6.45, 7) is 6.61. The summed E-state index contributed by atoms with van der Waals surface area (Å²) in [5, 5.41) is 3.76. The van der Waals surface area contributed by atoms with Crippen LogP contribution in [0.25, 0.3) is 0 Å². The Morgan fingerprint density at radius 1 is 1.10 bits per heavy atom. The molecule has 1 aromatic rings. The van der Waals surface area contributed by atoms with Crippen molar-refractivity contribution < 1.29 is 0 Å². The zero-order chi connectivity index (χ0) is 14.9. The van der Waals surface area contributed by atoms with E-state index in [9.17, 15) is 0 Å². The van der Waals surface area contributed by atoms with E-state index in [2.05, 4.69) is 39.0 Å². The van der Waals surface area contributed by atoms with Crippen molar-refractivity contribution in [3.63, 3.8) is 0 Å². The first-order valence-electron chi connectivity index (χ1n) is 7.98. The van der Waals surface area contributed by atoms with Gasteiger partial charge in [-0.25, -0.2) is 0 Å². The summed E-state index contributed by atoms with van der Waals surface area (Å²) in [6.07, 6.45) is 7.33. The first-order valence-corrected chi connectivity index (χ1v) is 8.35. The van der Waals surface area contributed by atoms with Gasteiger partial charge in [0.25, 0.3) is 0 Å². The first-order chi connectivity index (χ1) is 10.0. The highest BCUT2D eigenvalue weighted by molar-refractivity contribution is 6.28. The van der Waals surface area contributed by atoms with Crippen LogP contribution in [0, 0.1) is 5.41 Å². The van der Waals surface area contributed by atoms with Crippen molar-refractivity contribution in [2.75, 3.05) is 23.3 Å². The summed E-state index contributed by atoms with van der Waals surface area (Å²) in [5.41, 5.74) is 0.282. The highest BCUT2D eigenvalue weighted by atomic mass is 35.5. The highest BCUT2D eigenvalue weighted by Gasteiger charge is 2.35. The summed E-state index contributed by atoms with van der Waals surface area (Å²) in [4.78, 5) is 15.4. The molecule has 0 radical (unpaired) electrons. The predicted molar refractivity (Wildman–Crippen MR) is 85.9 cm³/mol. The fourth-order valence-corrected chi connectivity index (χ4v) is 3.55. The molecular formula is C15H24ClN5. The van der Waals surface area contributed by atoms with Crippen LogP contribution in [0.1, 0.15) is 52.4 Å². The van der Waals surface area contributed by atoms with Crippen molar-refractivity contribution in [1.82, 2.24) is 15.0 Å². The van der Waals surface area contributed by atoms with Gasteiger partial charge in [-0.3, -0.25) is 0 Å². The van der Waals surface area contributed by atoms with Gasteiger partial charge in [-0.1, -0.05) is 20.3 Å². The highest BCUT2D eigenvalue weighted by Crippen LogP contribution is 2.38. The second kappa shape index (κ2) is 5.95. The smallest absolute Gasteiger partial charge is 0.231 e. The maximum Gasteiger partial charge on any atom is 0.231 e. The van der Waals surface area contributed by atoms with Crippen LogP contribution >= 0.6 is 11.6 Å². The number of nitrogens with zero attached hydrogens (tertiary/aromatic N) is 4. The molecule has 2 heterocycles. The number of anilines is 2. The standard InChI is InChI=1S/C15H24ClN5/c1-15(2)8-6-7-11(15)17-13-18-12(16)19-14(20-13)21-9-4-3-5-10-21/h11H,3-10H2,1-2H3,(H,17,18,19,20). The quantitative estimate of drug-likeness (QED) is 0.926. The number of piperidine rings is 1. The van der Waals surface area contributed by atoms with Gasteiger partial charge in [-0.05, 0) is 49.1 Å². The average molecular weight is 310 g/mol. The molecule has 1 saturated carbocycles. The Labute approximate surface area is 131 Å². The van der Waals surface area contributed by atoms with E-state index in [0.29, 0.717) is 17.9 Å². The lowest BCUT2D eigenvalue weighted by Gasteiger charge is -2.29. The van der Waals surface area contributed by atoms with Crippen LogP contribution in [0.15, 0.2) is 0 Å². The molecule has 3 rings (SSSR count). The Morgan fingerprint density at radius 3 is 2.52 bits per heavy atom. The molecule has 21 heavy (non-hydrogen) atoms. The van der Waals surface area contributed by atoms with Crippen molar-refractivity contribution in [2.24, 2.45) is 5.41 Å². The van der Waals surface area contributed by atoms with Gasteiger partial charge < -0.3 is 10.2 Å². The second-order valence-electron chi connectivity index (χ2n) is 6.85. The molecule has 0 aromatic carbocycles. The second-order valence-corrected chi connectivity index (χ2v) is 7.19. The molecule has 1 N–H and O–H groups in total. The zero-order valence-corrected chi connectivity index (χ0v) is 13.7. The molecule has 116 valence electrons. The van der Waals surface area contributed by atoms with E-state index in [-0.39, 0.29) is 10.7 Å². The topological polar surface area (TPSA) is 53.9 Å². The number of rotatable bonds is 3. The lowest BCUT2D eigenvalue weighted by atomic mass is 9.87. The van der Waals surface area contributed by atoms with E-state index in [4.69, 9.17) is 11.6 Å². The molecule has 0 amide bonds. The van der Waals surface area contributed by atoms with E-state index < -0.39 is 0 Å². The first kappa shape index (κ1) is 14.8. The van der Waals surface area contributed by atoms with Crippen LogP contribution in [0.4, 0.5) is 11.9 Å². The van der Waals surface area contributed by atoms with Crippen LogP contribution in [0.5, 0.6) is 0 Å². The molecule has 1 saturated heterocycles. The van der Waals surface area contributed by atoms with E-state index in [1.54, 1.807) is 0 Å². The van der Waals surface area contributed by atoms with Crippen molar-refractivity contribution in [3.8, 4) is 0 Å². The van der Waals surface area contributed by atoms with Crippen molar-refractivity contribution in [3.05, 3.63) is 5.28 Å². The lowest BCUT2D eigenvalue weighted by Crippen LogP contribution is -2.33. The summed E-state index contributed by atoms with van der Waals surface area (Å²) in [5.74, 6) is 1.34. The van der Waals surface area contributed by atoms with Gasteiger partial charge in [0.1, 0.15) is 0 Å². The summed E-state index contributed by atoms with van der Waals surface area (Å²) in [6, 6.07) is 0.408. The third-order valence-corrected chi connectivity index (χ3v) is 4.96. The van der Waals surface area contributed by atoms with Crippen LogP contribution in [-0.2, 0) is 0 Å². The molecule has 1 unspecified atom stereocenters. The van der Waals surface area contributed by atoms with Crippen LogP contribution in [-0.4, -0.2) is 34.1 Å². The normalized spacial score (nSPS) is 25.1. The Balaban J connectivity index is 1.77. The van der Waals surface area contributed by atoms with Crippen molar-refractivity contribution in [2.45, 2.75) is 58.4 Å². The lowest BCUT2D eigenvalue weighted by molar-refractivity contribution is 0.348. The Morgan fingerprint density at radius 2 is 1.86 bits per heavy atom. The number of aromatic nitrogens is 3. The van der Waals surface area contributed by atoms with Crippen LogP contribution < -0.4 is 10.2 Å². The predicted octanol–water partition coefficient (Wildman–Crippen LogP) is 3.51. The van der Waals surface area contributed by atoms with Gasteiger partial charge >= 0.3 is 0 Å². The molecule has 6 heteroatoms. The van der Waals surface area contributed by atoms with Crippen LogP contribution in [0.3, 0.4) is 0 Å². The Kier molecular flexibility index (Phi) is 4.20. The van der Waals surface area contributed by atoms with Crippen LogP contribution in [0.2, 0.25) is 5.28 Å². The third kappa shape index (κ3) is 3.39. The number of hydrogen-bond donors (Lipinski definition) is 1. The van der Waals surface area contributed by atoms with Crippen molar-refractivity contribution >= 4 is 23.5 Å². The molecule has 2 aliphatic rings. The Bertz CT molecular complexity index is 499. The number of hydrogen-bond acceptors (Lipinski definition) is 5. The van der Waals surface area contributed by atoms with E-state index in [0.717, 1.165) is 19.5 Å². The van der Waals surface area contributed by atoms with Gasteiger partial charge in [-0.15, -0.1) is 0 Å². The number of nitrogens with one attached hydrogen (secondary N) is 1. The van der Waals surface area contributed by atoms with Gasteiger partial charge in [0.15, 0.2) is 0 Å². The van der Waals surface area contributed by atoms with E-state index in [1.165, 1.54) is 32.1 Å². The molecule has 1 atom stereocenters. The van der Waals surface area contributed by atoms with Gasteiger partial charge in [-0.2, -0.15) is 15.0 Å².